The molecule has 0 unspecified atom stereocenters. The van der Waals surface area contributed by atoms with E-state index >= 15 is 0 Å². The molecule has 138 valence electrons. The summed E-state index contributed by atoms with van der Waals surface area (Å²) in [6.45, 7) is 1.90. The molecule has 2 aromatic rings. The lowest BCUT2D eigenvalue weighted by Crippen LogP contribution is -2.68. The number of para-hydroxylation sites is 1. The molecule has 2 aromatic carbocycles. The Morgan fingerprint density at radius 1 is 1.19 bits per heavy atom. The highest BCUT2D eigenvalue weighted by atomic mass is 35.5. The molecule has 0 radical (unpaired) electrons. The lowest BCUT2D eigenvalue weighted by molar-refractivity contribution is -0.128. The maximum Gasteiger partial charge on any atom is 0.271 e. The third kappa shape index (κ3) is 2.44. The van der Waals surface area contributed by atoms with Crippen molar-refractivity contribution in [3.8, 4) is 0 Å². The summed E-state index contributed by atoms with van der Waals surface area (Å²) in [6.07, 6.45) is 0.402. The first-order valence-electron chi connectivity index (χ1n) is 8.64. The molecule has 0 saturated carbocycles. The van der Waals surface area contributed by atoms with Crippen LogP contribution in [-0.4, -0.2) is 35.3 Å². The van der Waals surface area contributed by atoms with Gasteiger partial charge in [-0.05, 0) is 36.8 Å². The molecular formula is C20H18ClN3O3. The fraction of sp³-hybridized carbons (Fsp3) is 0.250. The molecule has 1 fully saturated rings. The van der Waals surface area contributed by atoms with Crippen LogP contribution in [0.2, 0.25) is 5.02 Å². The molecule has 0 aliphatic carbocycles. The van der Waals surface area contributed by atoms with E-state index in [1.807, 2.05) is 13.0 Å². The van der Waals surface area contributed by atoms with E-state index in [4.69, 9.17) is 11.6 Å². The number of aryl methyl sites for hydroxylation is 1. The minimum Gasteiger partial charge on any atom is -0.321 e. The van der Waals surface area contributed by atoms with Gasteiger partial charge in [-0.15, -0.1) is 0 Å². The van der Waals surface area contributed by atoms with Crippen molar-refractivity contribution in [3.05, 3.63) is 58.6 Å². The number of likely N-dealkylation sites (N-methyl/N-ethyl adjacent to an activating group) is 1. The zero-order valence-corrected chi connectivity index (χ0v) is 15.7. The number of carbonyl (C=O) groups is 3. The lowest BCUT2D eigenvalue weighted by Gasteiger charge is -2.47. The lowest BCUT2D eigenvalue weighted by atomic mass is 9.96. The van der Waals surface area contributed by atoms with E-state index in [1.165, 1.54) is 9.80 Å². The van der Waals surface area contributed by atoms with Gasteiger partial charge in [0.1, 0.15) is 0 Å². The molecule has 3 amide bonds. The molecule has 2 aliphatic rings. The fourth-order valence-corrected chi connectivity index (χ4v) is 4.15. The van der Waals surface area contributed by atoms with Crippen molar-refractivity contribution >= 4 is 40.7 Å². The van der Waals surface area contributed by atoms with Crippen molar-refractivity contribution in [1.82, 2.24) is 4.90 Å². The molecule has 27 heavy (non-hydrogen) atoms. The second kappa shape index (κ2) is 6.09. The van der Waals surface area contributed by atoms with Crippen LogP contribution in [-0.2, 0) is 9.59 Å². The van der Waals surface area contributed by atoms with E-state index in [0.29, 0.717) is 22.0 Å². The maximum absolute atomic E-state index is 13.4. The number of amides is 3. The highest BCUT2D eigenvalue weighted by Crippen LogP contribution is 2.44. The molecule has 0 aromatic heterocycles. The minimum absolute atomic E-state index is 0.182. The molecule has 1 saturated heterocycles. The zero-order chi connectivity index (χ0) is 19.3. The summed E-state index contributed by atoms with van der Waals surface area (Å²) >= 11 is 6.25. The second-order valence-electron chi connectivity index (χ2n) is 6.86. The van der Waals surface area contributed by atoms with Gasteiger partial charge in [-0.3, -0.25) is 19.3 Å². The number of carbonyl (C=O) groups excluding carboxylic acids is 3. The second-order valence-corrected chi connectivity index (χ2v) is 7.27. The Hall–Kier alpha value is -2.86. The third-order valence-electron chi connectivity index (χ3n) is 5.28. The van der Waals surface area contributed by atoms with Crippen molar-refractivity contribution in [2.75, 3.05) is 17.3 Å². The largest absolute Gasteiger partial charge is 0.321 e. The van der Waals surface area contributed by atoms with E-state index < -0.39 is 11.6 Å². The number of benzene rings is 2. The van der Waals surface area contributed by atoms with Crippen molar-refractivity contribution in [2.24, 2.45) is 0 Å². The highest BCUT2D eigenvalue weighted by molar-refractivity contribution is 6.34. The normalized spacial score (nSPS) is 21.1. The van der Waals surface area contributed by atoms with E-state index in [9.17, 15) is 14.4 Å². The number of halogens is 1. The Labute approximate surface area is 161 Å². The number of fused-ring (bicyclic) bond motifs is 3. The van der Waals surface area contributed by atoms with Gasteiger partial charge in [0.25, 0.3) is 11.8 Å². The molecule has 0 spiro atoms. The predicted octanol–water partition coefficient (Wildman–Crippen LogP) is 3.20. The first-order chi connectivity index (χ1) is 12.9. The molecule has 6 nitrogen and oxygen atoms in total. The van der Waals surface area contributed by atoms with Crippen LogP contribution in [0.1, 0.15) is 28.8 Å². The van der Waals surface area contributed by atoms with Gasteiger partial charge in [-0.1, -0.05) is 29.8 Å². The van der Waals surface area contributed by atoms with Gasteiger partial charge < -0.3 is 10.2 Å². The molecule has 1 atom stereocenters. The molecule has 0 bridgehead atoms. The van der Waals surface area contributed by atoms with Crippen LogP contribution in [0, 0.1) is 6.92 Å². The van der Waals surface area contributed by atoms with E-state index in [-0.39, 0.29) is 24.7 Å². The van der Waals surface area contributed by atoms with Gasteiger partial charge in [-0.25, -0.2) is 0 Å². The van der Waals surface area contributed by atoms with Crippen LogP contribution < -0.4 is 10.2 Å². The third-order valence-corrected chi connectivity index (χ3v) is 5.59. The summed E-state index contributed by atoms with van der Waals surface area (Å²) in [5.74, 6) is -0.932. The standard InChI is InChI=1S/C20H18ClN3O3/c1-12-7-8-15(14(21)11-12)22-19(27)20-10-9-17(25)24(20)16-6-4-3-5-13(16)18(26)23(20)2/h3-8,11H,9-10H2,1-2H3,(H,22,27)/t20-/m0/s1. The zero-order valence-electron chi connectivity index (χ0n) is 15.0. The van der Waals surface area contributed by atoms with Crippen molar-refractivity contribution < 1.29 is 14.4 Å². The van der Waals surface area contributed by atoms with Crippen molar-refractivity contribution in [2.45, 2.75) is 25.4 Å². The van der Waals surface area contributed by atoms with Crippen molar-refractivity contribution in [1.29, 1.82) is 0 Å². The molecule has 4 rings (SSSR count). The monoisotopic (exact) mass is 383 g/mol. The summed E-state index contributed by atoms with van der Waals surface area (Å²) in [7, 11) is 1.56. The van der Waals surface area contributed by atoms with Gasteiger partial charge in [0, 0.05) is 19.9 Å². The molecule has 2 heterocycles. The first-order valence-corrected chi connectivity index (χ1v) is 9.02. The van der Waals surface area contributed by atoms with E-state index in [0.717, 1.165) is 5.56 Å². The Balaban J connectivity index is 1.81. The van der Waals surface area contributed by atoms with E-state index in [2.05, 4.69) is 5.32 Å². The van der Waals surface area contributed by atoms with Crippen LogP contribution in [0.4, 0.5) is 11.4 Å². The first kappa shape index (κ1) is 17.5. The summed E-state index contributed by atoms with van der Waals surface area (Å²) in [6, 6.07) is 12.2. The molecule has 7 heteroatoms. The Kier molecular flexibility index (Phi) is 3.96. The number of rotatable bonds is 2. The summed E-state index contributed by atoms with van der Waals surface area (Å²) < 4.78 is 0. The van der Waals surface area contributed by atoms with Crippen molar-refractivity contribution in [3.63, 3.8) is 0 Å². The van der Waals surface area contributed by atoms with E-state index in [1.54, 1.807) is 43.4 Å². The minimum atomic E-state index is -1.41. The van der Waals surface area contributed by atoms with Gasteiger partial charge in [0.15, 0.2) is 0 Å². The number of hydrogen-bond donors (Lipinski definition) is 1. The van der Waals surface area contributed by atoms with Gasteiger partial charge in [0.05, 0.1) is 22.0 Å². The van der Waals surface area contributed by atoms with Gasteiger partial charge >= 0.3 is 0 Å². The fourth-order valence-electron chi connectivity index (χ4n) is 3.87. The number of nitrogens with zero attached hydrogens (tertiary/aromatic N) is 2. The molecule has 1 N–H and O–H groups in total. The molecule has 2 aliphatic heterocycles. The van der Waals surface area contributed by atoms with Crippen LogP contribution >= 0.6 is 11.6 Å². The van der Waals surface area contributed by atoms with Gasteiger partial charge in [0.2, 0.25) is 11.6 Å². The predicted molar refractivity (Wildman–Crippen MR) is 103 cm³/mol. The Bertz CT molecular complexity index is 990. The maximum atomic E-state index is 13.4. The van der Waals surface area contributed by atoms with Gasteiger partial charge in [-0.2, -0.15) is 0 Å². The van der Waals surface area contributed by atoms with Crippen LogP contribution in [0.5, 0.6) is 0 Å². The smallest absolute Gasteiger partial charge is 0.271 e. The van der Waals surface area contributed by atoms with Crippen LogP contribution in [0.3, 0.4) is 0 Å². The molecular weight excluding hydrogens is 366 g/mol. The van der Waals surface area contributed by atoms with Crippen LogP contribution in [0.15, 0.2) is 42.5 Å². The topological polar surface area (TPSA) is 69.7 Å². The number of nitrogens with one attached hydrogen (secondary N) is 1. The van der Waals surface area contributed by atoms with Crippen LogP contribution in [0.25, 0.3) is 0 Å². The SMILES string of the molecule is Cc1ccc(NC(=O)[C@]23CCC(=O)N2c2ccccc2C(=O)N3C)c(Cl)c1. The summed E-state index contributed by atoms with van der Waals surface area (Å²) in [5, 5.41) is 3.22. The average molecular weight is 384 g/mol. The number of anilines is 2. The summed E-state index contributed by atoms with van der Waals surface area (Å²) in [4.78, 5) is 41.8. The Morgan fingerprint density at radius 3 is 2.67 bits per heavy atom. The summed E-state index contributed by atoms with van der Waals surface area (Å²) in [5.41, 5.74) is 0.880. The average Bonchev–Trinajstić information content (AvgIpc) is 3.01. The quantitative estimate of drug-likeness (QED) is 0.865. The Morgan fingerprint density at radius 2 is 1.93 bits per heavy atom. The highest BCUT2D eigenvalue weighted by Gasteiger charge is 2.59. The number of hydrogen-bond acceptors (Lipinski definition) is 3.